The van der Waals surface area contributed by atoms with E-state index in [1.54, 1.807) is 0 Å². The quantitative estimate of drug-likeness (QED) is 0.294. The van der Waals surface area contributed by atoms with Crippen LogP contribution in [0.1, 0.15) is 31.2 Å². The summed E-state index contributed by atoms with van der Waals surface area (Å²) in [6.07, 6.45) is 0. The van der Waals surface area contributed by atoms with Crippen LogP contribution in [-0.2, 0) is 11.3 Å². The van der Waals surface area contributed by atoms with Gasteiger partial charge in [0, 0.05) is 37.0 Å². The molecule has 0 bridgehead atoms. The third kappa shape index (κ3) is 6.07. The summed E-state index contributed by atoms with van der Waals surface area (Å²) in [5.41, 5.74) is 10.4. The molecule has 4 aromatic rings. The smallest absolute Gasteiger partial charge is 0.230 e. The molecule has 11 heteroatoms. The van der Waals surface area contributed by atoms with E-state index >= 15 is 0 Å². The molecule has 1 aliphatic heterocycles. The van der Waals surface area contributed by atoms with Crippen LogP contribution >= 0.6 is 0 Å². The number of aromatic nitrogens is 5. The van der Waals surface area contributed by atoms with E-state index in [-0.39, 0.29) is 11.7 Å². The molecule has 1 saturated heterocycles. The Kier molecular flexibility index (Phi) is 7.62. The minimum absolute atomic E-state index is 0.281. The number of nitrogens with one attached hydrogen (secondary N) is 2. The fraction of sp³-hybridized carbons (Fsp3) is 0.385. The van der Waals surface area contributed by atoms with Gasteiger partial charge in [-0.05, 0) is 12.0 Å². The zero-order valence-corrected chi connectivity index (χ0v) is 21.1. The molecule has 0 unspecified atom stereocenters. The standard InChI is InChI=1S/C26H32N8O3/c1-17(2)20-15-22(32-31-20)23-24(27)29-26(30-25(23)36-13-10-34-8-11-35-12-9-34)28-16-19-14-21(33-37-19)18-6-4-3-5-7-18/h3-7,14-15,17H,8-13,16H2,1-2H3,(H,31,32)(H3,27,28,29,30). The Morgan fingerprint density at radius 2 is 1.92 bits per heavy atom. The lowest BCUT2D eigenvalue weighted by molar-refractivity contribution is 0.0320. The molecule has 194 valence electrons. The van der Waals surface area contributed by atoms with Gasteiger partial charge in [-0.25, -0.2) is 0 Å². The lowest BCUT2D eigenvalue weighted by Gasteiger charge is -2.26. The number of hydrogen-bond donors (Lipinski definition) is 3. The monoisotopic (exact) mass is 504 g/mol. The second-order valence-corrected chi connectivity index (χ2v) is 9.18. The van der Waals surface area contributed by atoms with Crippen LogP contribution < -0.4 is 15.8 Å². The number of benzene rings is 1. The normalized spacial score (nSPS) is 14.2. The first-order chi connectivity index (χ1) is 18.1. The largest absolute Gasteiger partial charge is 0.476 e. The van der Waals surface area contributed by atoms with E-state index in [1.807, 2.05) is 42.5 Å². The number of aromatic amines is 1. The van der Waals surface area contributed by atoms with E-state index in [1.165, 1.54) is 0 Å². The molecule has 0 amide bonds. The number of anilines is 2. The van der Waals surface area contributed by atoms with Gasteiger partial charge in [-0.2, -0.15) is 15.1 Å². The van der Waals surface area contributed by atoms with Crippen molar-refractivity contribution in [3.8, 4) is 28.4 Å². The molecule has 0 atom stereocenters. The Hall–Kier alpha value is -3.96. The maximum Gasteiger partial charge on any atom is 0.230 e. The zero-order chi connectivity index (χ0) is 25.6. The van der Waals surface area contributed by atoms with E-state index in [4.69, 9.17) is 19.7 Å². The lowest BCUT2D eigenvalue weighted by Crippen LogP contribution is -2.38. The van der Waals surface area contributed by atoms with Gasteiger partial charge in [0.1, 0.15) is 29.4 Å². The van der Waals surface area contributed by atoms with Crippen molar-refractivity contribution in [2.75, 3.05) is 50.5 Å². The molecular weight excluding hydrogens is 472 g/mol. The summed E-state index contributed by atoms with van der Waals surface area (Å²) in [7, 11) is 0. The number of rotatable bonds is 10. The molecule has 1 fully saturated rings. The molecule has 37 heavy (non-hydrogen) atoms. The topological polar surface area (TPSA) is 140 Å². The predicted molar refractivity (Wildman–Crippen MR) is 140 cm³/mol. The van der Waals surface area contributed by atoms with Gasteiger partial charge < -0.3 is 25.0 Å². The first-order valence-corrected chi connectivity index (χ1v) is 12.5. The molecule has 1 aromatic carbocycles. The Balaban J connectivity index is 1.34. The lowest BCUT2D eigenvalue weighted by atomic mass is 10.1. The summed E-state index contributed by atoms with van der Waals surface area (Å²) in [6.45, 7) is 8.97. The average molecular weight is 505 g/mol. The van der Waals surface area contributed by atoms with Crippen LogP contribution in [0.15, 0.2) is 47.0 Å². The van der Waals surface area contributed by atoms with Crippen molar-refractivity contribution in [2.45, 2.75) is 26.3 Å². The van der Waals surface area contributed by atoms with Gasteiger partial charge in [0.15, 0.2) is 5.76 Å². The number of morpholine rings is 1. The Labute approximate surface area is 215 Å². The van der Waals surface area contributed by atoms with E-state index in [0.717, 1.165) is 49.8 Å². The van der Waals surface area contributed by atoms with Gasteiger partial charge in [-0.3, -0.25) is 10.00 Å². The van der Waals surface area contributed by atoms with Crippen molar-refractivity contribution in [3.05, 3.63) is 53.9 Å². The first kappa shape index (κ1) is 24.7. The number of ether oxygens (including phenoxy) is 2. The van der Waals surface area contributed by atoms with Crippen molar-refractivity contribution in [3.63, 3.8) is 0 Å². The van der Waals surface area contributed by atoms with Crippen molar-refractivity contribution in [1.82, 2.24) is 30.2 Å². The highest BCUT2D eigenvalue weighted by Crippen LogP contribution is 2.34. The second-order valence-electron chi connectivity index (χ2n) is 9.18. The fourth-order valence-electron chi connectivity index (χ4n) is 4.04. The van der Waals surface area contributed by atoms with Gasteiger partial charge in [-0.15, -0.1) is 0 Å². The Morgan fingerprint density at radius 3 is 2.68 bits per heavy atom. The maximum absolute atomic E-state index is 6.42. The van der Waals surface area contributed by atoms with Gasteiger partial charge in [0.2, 0.25) is 11.8 Å². The number of nitrogens with two attached hydrogens (primary N) is 1. The van der Waals surface area contributed by atoms with Crippen molar-refractivity contribution in [1.29, 1.82) is 0 Å². The van der Waals surface area contributed by atoms with E-state index < -0.39 is 0 Å². The molecule has 0 saturated carbocycles. The summed E-state index contributed by atoms with van der Waals surface area (Å²) in [4.78, 5) is 11.4. The van der Waals surface area contributed by atoms with Crippen LogP contribution in [0.4, 0.5) is 11.8 Å². The molecule has 3 aromatic heterocycles. The SMILES string of the molecule is CC(C)c1cc(-c2c(N)nc(NCc3cc(-c4ccccc4)no3)nc2OCCN2CCOCC2)n[nH]1. The van der Waals surface area contributed by atoms with E-state index in [0.29, 0.717) is 42.0 Å². The summed E-state index contributed by atoms with van der Waals surface area (Å²) in [5.74, 6) is 1.93. The zero-order valence-electron chi connectivity index (χ0n) is 21.1. The minimum atomic E-state index is 0.281. The molecule has 4 N–H and O–H groups in total. The van der Waals surface area contributed by atoms with Gasteiger partial charge in [-0.1, -0.05) is 49.3 Å². The second kappa shape index (κ2) is 11.4. The van der Waals surface area contributed by atoms with Gasteiger partial charge >= 0.3 is 0 Å². The first-order valence-electron chi connectivity index (χ1n) is 12.5. The molecule has 11 nitrogen and oxygen atoms in total. The van der Waals surface area contributed by atoms with Crippen LogP contribution in [0.2, 0.25) is 0 Å². The van der Waals surface area contributed by atoms with Crippen LogP contribution in [-0.4, -0.2) is 69.7 Å². The fourth-order valence-corrected chi connectivity index (χ4v) is 4.04. The summed E-state index contributed by atoms with van der Waals surface area (Å²) in [6, 6.07) is 13.7. The van der Waals surface area contributed by atoms with Crippen LogP contribution in [0, 0.1) is 0 Å². The van der Waals surface area contributed by atoms with E-state index in [9.17, 15) is 0 Å². The average Bonchev–Trinajstić information content (AvgIpc) is 3.59. The third-order valence-electron chi connectivity index (χ3n) is 6.18. The highest BCUT2D eigenvalue weighted by Gasteiger charge is 2.20. The summed E-state index contributed by atoms with van der Waals surface area (Å²) < 4.78 is 17.1. The number of hydrogen-bond acceptors (Lipinski definition) is 10. The van der Waals surface area contributed by atoms with Crippen molar-refractivity contribution < 1.29 is 14.0 Å². The molecule has 0 radical (unpaired) electrons. The number of nitrogen functional groups attached to an aromatic ring is 1. The van der Waals surface area contributed by atoms with Gasteiger partial charge in [0.05, 0.1) is 19.8 Å². The Morgan fingerprint density at radius 1 is 1.11 bits per heavy atom. The minimum Gasteiger partial charge on any atom is -0.476 e. The van der Waals surface area contributed by atoms with Crippen molar-refractivity contribution in [2.24, 2.45) is 0 Å². The molecule has 5 rings (SSSR count). The third-order valence-corrected chi connectivity index (χ3v) is 6.18. The molecule has 4 heterocycles. The van der Waals surface area contributed by atoms with Crippen molar-refractivity contribution >= 4 is 11.8 Å². The molecular formula is C26H32N8O3. The predicted octanol–water partition coefficient (Wildman–Crippen LogP) is 3.55. The Bertz CT molecular complexity index is 1300. The highest BCUT2D eigenvalue weighted by molar-refractivity contribution is 5.77. The maximum atomic E-state index is 6.42. The highest BCUT2D eigenvalue weighted by atomic mass is 16.5. The molecule has 1 aliphatic rings. The molecule has 0 spiro atoms. The number of H-pyrrole nitrogens is 1. The summed E-state index contributed by atoms with van der Waals surface area (Å²) >= 11 is 0. The molecule has 0 aliphatic carbocycles. The van der Waals surface area contributed by atoms with Crippen LogP contribution in [0.5, 0.6) is 5.88 Å². The van der Waals surface area contributed by atoms with Crippen LogP contribution in [0.25, 0.3) is 22.5 Å². The van der Waals surface area contributed by atoms with Gasteiger partial charge in [0.25, 0.3) is 0 Å². The summed E-state index contributed by atoms with van der Waals surface area (Å²) in [5, 5.41) is 14.9. The number of nitrogens with zero attached hydrogens (tertiary/aromatic N) is 5. The van der Waals surface area contributed by atoms with Crippen LogP contribution in [0.3, 0.4) is 0 Å². The van der Waals surface area contributed by atoms with E-state index in [2.05, 4.69) is 49.4 Å².